The molecule has 0 aliphatic carbocycles. The van der Waals surface area contributed by atoms with E-state index in [0.29, 0.717) is 0 Å². The predicted molar refractivity (Wildman–Crippen MR) is 25.6 cm³/mol. The van der Waals surface area contributed by atoms with Crippen LogP contribution in [0.4, 0.5) is 26.3 Å². The van der Waals surface area contributed by atoms with Crippen molar-refractivity contribution in [2.45, 2.75) is 17.8 Å². The lowest BCUT2D eigenvalue weighted by atomic mass is 10.1. The summed E-state index contributed by atoms with van der Waals surface area (Å²) < 4.78 is 70.1. The van der Waals surface area contributed by atoms with Gasteiger partial charge in [-0.15, -0.1) is 0 Å². The maximum atomic E-state index is 11.8. The molecule has 0 aliphatic heterocycles. The molecule has 2 radical (unpaired) electrons. The second kappa shape index (κ2) is 2.28. The van der Waals surface area contributed by atoms with Gasteiger partial charge in [-0.1, -0.05) is 0 Å². The molecule has 0 aromatic rings. The fourth-order valence-electron chi connectivity index (χ4n) is 0.268. The van der Waals surface area contributed by atoms with Crippen LogP contribution in [-0.2, 0) is 0 Å². The highest BCUT2D eigenvalue weighted by Gasteiger charge is 2.66. The lowest BCUT2D eigenvalue weighted by molar-refractivity contribution is -0.275. The molecule has 0 bridgehead atoms. The molecule has 0 unspecified atom stereocenters. The summed E-state index contributed by atoms with van der Waals surface area (Å²) in [4.78, 5) is 0. The fourth-order valence-corrected chi connectivity index (χ4v) is 0.268. The van der Waals surface area contributed by atoms with Gasteiger partial charge >= 0.3 is 17.8 Å². The molecule has 0 aliphatic rings. The average molecular weight is 178 g/mol. The van der Waals surface area contributed by atoms with Crippen LogP contribution in [0.15, 0.2) is 0 Å². The van der Waals surface area contributed by atoms with Crippen molar-refractivity contribution in [3.63, 3.8) is 0 Å². The second-order valence-corrected chi connectivity index (χ2v) is 1.98. The Morgan fingerprint density at radius 1 is 0.636 bits per heavy atom. The van der Waals surface area contributed by atoms with E-state index in [0.717, 1.165) is 0 Å². The van der Waals surface area contributed by atoms with Crippen molar-refractivity contribution >= 4 is 0 Å². The largest absolute Gasteiger partial charge is 0.371 e. The summed E-state index contributed by atoms with van der Waals surface area (Å²) in [5.41, 5.74) is 0. The van der Waals surface area contributed by atoms with E-state index >= 15 is 0 Å². The molecular weight excluding hydrogens is 174 g/mol. The van der Waals surface area contributed by atoms with Gasteiger partial charge in [-0.05, 0) is 0 Å². The number of halogens is 6. The van der Waals surface area contributed by atoms with Crippen LogP contribution < -0.4 is 0 Å². The Morgan fingerprint density at radius 2 is 0.818 bits per heavy atom. The molecule has 0 saturated heterocycles. The van der Waals surface area contributed by atoms with E-state index in [1.165, 1.54) is 0 Å². The molecule has 0 aromatic carbocycles. The van der Waals surface area contributed by atoms with Crippen molar-refractivity contribution in [2.24, 2.45) is 0 Å². The van der Waals surface area contributed by atoms with E-state index in [-0.39, 0.29) is 0 Å². The average Bonchev–Trinajstić information content (AvgIpc) is 1.58. The van der Waals surface area contributed by atoms with E-state index in [4.69, 9.17) is 0 Å². The molecule has 0 rings (SSSR count). The van der Waals surface area contributed by atoms with Crippen LogP contribution >= 0.6 is 0 Å². The van der Waals surface area contributed by atoms with E-state index < -0.39 is 17.8 Å². The Bertz CT molecular complexity index is 122. The molecule has 0 spiro atoms. The maximum absolute atomic E-state index is 11.8. The molecular formula is C5H4F6. The van der Waals surface area contributed by atoms with Crippen molar-refractivity contribution in [3.8, 4) is 0 Å². The highest BCUT2D eigenvalue weighted by atomic mass is 19.3. The van der Waals surface area contributed by atoms with E-state index in [1.54, 1.807) is 13.8 Å². The van der Waals surface area contributed by atoms with Gasteiger partial charge in [0.15, 0.2) is 0 Å². The molecule has 66 valence electrons. The summed E-state index contributed by atoms with van der Waals surface area (Å²) in [5.74, 6) is -15.5. The predicted octanol–water partition coefficient (Wildman–Crippen LogP) is 2.56. The Balaban J connectivity index is 4.75. The van der Waals surface area contributed by atoms with Gasteiger partial charge in [0.2, 0.25) is 0 Å². The summed E-state index contributed by atoms with van der Waals surface area (Å²) in [6.07, 6.45) is 0. The van der Waals surface area contributed by atoms with Crippen LogP contribution in [0.3, 0.4) is 0 Å². The fraction of sp³-hybridized carbons (Fsp3) is 0.600. The van der Waals surface area contributed by atoms with E-state index in [9.17, 15) is 26.3 Å². The van der Waals surface area contributed by atoms with Crippen molar-refractivity contribution in [1.82, 2.24) is 0 Å². The number of hydrogen-bond donors (Lipinski definition) is 0. The van der Waals surface area contributed by atoms with Gasteiger partial charge in [0.25, 0.3) is 0 Å². The minimum atomic E-state index is -5.51. The third-order valence-electron chi connectivity index (χ3n) is 0.919. The Morgan fingerprint density at radius 3 is 0.818 bits per heavy atom. The normalized spacial score (nSPS) is 15.3. The van der Waals surface area contributed by atoms with Crippen molar-refractivity contribution in [1.29, 1.82) is 0 Å². The lowest BCUT2D eigenvalue weighted by Crippen LogP contribution is -2.51. The zero-order valence-corrected chi connectivity index (χ0v) is 5.18. The Labute approximate surface area is 59.2 Å². The highest BCUT2D eigenvalue weighted by Crippen LogP contribution is 2.44. The van der Waals surface area contributed by atoms with Gasteiger partial charge in [0.05, 0.1) is 0 Å². The smallest absolute Gasteiger partial charge is 0.200 e. The second-order valence-electron chi connectivity index (χ2n) is 1.98. The van der Waals surface area contributed by atoms with Gasteiger partial charge in [-0.2, -0.15) is 26.3 Å². The summed E-state index contributed by atoms with van der Waals surface area (Å²) in [5, 5.41) is 0. The third-order valence-corrected chi connectivity index (χ3v) is 0.919. The quantitative estimate of drug-likeness (QED) is 0.570. The van der Waals surface area contributed by atoms with Crippen LogP contribution in [0.2, 0.25) is 0 Å². The first-order valence-corrected chi connectivity index (χ1v) is 2.34. The summed E-state index contributed by atoms with van der Waals surface area (Å²) in [6.45, 7) is 3.21. The monoisotopic (exact) mass is 178 g/mol. The first kappa shape index (κ1) is 10.6. The van der Waals surface area contributed by atoms with Crippen LogP contribution in [0.5, 0.6) is 0 Å². The van der Waals surface area contributed by atoms with Crippen molar-refractivity contribution in [2.75, 3.05) is 0 Å². The van der Waals surface area contributed by atoms with Gasteiger partial charge in [0.1, 0.15) is 0 Å². The van der Waals surface area contributed by atoms with Crippen molar-refractivity contribution in [3.05, 3.63) is 13.8 Å². The SMILES string of the molecule is [CH2]C(F)(F)C(F)(F)C([CH2])(F)F. The molecule has 11 heavy (non-hydrogen) atoms. The van der Waals surface area contributed by atoms with Crippen LogP contribution in [-0.4, -0.2) is 17.8 Å². The standard InChI is InChI=1S/C5H4F6/c1-3(6,7)5(10,11)4(2,8)9/h1-2H2. The summed E-state index contributed by atoms with van der Waals surface area (Å²) in [7, 11) is 0. The molecule has 0 saturated carbocycles. The molecule has 0 amide bonds. The summed E-state index contributed by atoms with van der Waals surface area (Å²) >= 11 is 0. The maximum Gasteiger partial charge on any atom is 0.371 e. The number of hydrogen-bond acceptors (Lipinski definition) is 0. The first-order valence-electron chi connectivity index (χ1n) is 2.34. The Kier molecular flexibility index (Phi) is 2.19. The molecule has 0 heterocycles. The van der Waals surface area contributed by atoms with Crippen LogP contribution in [0.1, 0.15) is 0 Å². The molecule has 0 aromatic heterocycles. The van der Waals surface area contributed by atoms with Crippen molar-refractivity contribution < 1.29 is 26.3 Å². The molecule has 0 N–H and O–H groups in total. The minimum absolute atomic E-state index is 1.61. The van der Waals surface area contributed by atoms with Gasteiger partial charge < -0.3 is 0 Å². The van der Waals surface area contributed by atoms with Crippen LogP contribution in [0.25, 0.3) is 0 Å². The van der Waals surface area contributed by atoms with E-state index in [2.05, 4.69) is 0 Å². The van der Waals surface area contributed by atoms with Gasteiger partial charge in [-0.25, -0.2) is 0 Å². The third kappa shape index (κ3) is 1.78. The topological polar surface area (TPSA) is 0 Å². The van der Waals surface area contributed by atoms with E-state index in [1.807, 2.05) is 0 Å². The highest BCUT2D eigenvalue weighted by molar-refractivity contribution is 4.98. The lowest BCUT2D eigenvalue weighted by Gasteiger charge is -2.27. The minimum Gasteiger partial charge on any atom is -0.200 e. The van der Waals surface area contributed by atoms with Gasteiger partial charge in [0, 0.05) is 13.8 Å². The molecule has 6 heteroatoms. The summed E-state index contributed by atoms with van der Waals surface area (Å²) in [6, 6.07) is 0. The molecule has 0 atom stereocenters. The molecule has 0 nitrogen and oxygen atoms in total. The molecule has 0 fully saturated rings. The number of rotatable bonds is 2. The zero-order chi connectivity index (χ0) is 9.50. The number of alkyl halides is 6. The van der Waals surface area contributed by atoms with Crippen LogP contribution in [0, 0.1) is 13.8 Å². The first-order chi connectivity index (χ1) is 4.50. The van der Waals surface area contributed by atoms with Gasteiger partial charge in [-0.3, -0.25) is 0 Å². The zero-order valence-electron chi connectivity index (χ0n) is 5.18. The Hall–Kier alpha value is -0.420.